The molecule has 0 atom stereocenters. The Morgan fingerprint density at radius 1 is 1.40 bits per heavy atom. The Labute approximate surface area is 92.1 Å². The van der Waals surface area contributed by atoms with Gasteiger partial charge in [-0.25, -0.2) is 0 Å². The molecule has 0 saturated carbocycles. The fourth-order valence-electron chi connectivity index (χ4n) is 1.90. The van der Waals surface area contributed by atoms with Gasteiger partial charge in [0.1, 0.15) is 5.82 Å². The van der Waals surface area contributed by atoms with Crippen LogP contribution in [0.25, 0.3) is 0 Å². The van der Waals surface area contributed by atoms with Gasteiger partial charge in [0.25, 0.3) is 0 Å². The lowest BCUT2D eigenvalue weighted by Crippen LogP contribution is -2.31. The largest absolute Gasteiger partial charge is 0.394 e. The van der Waals surface area contributed by atoms with E-state index < -0.39 is 0 Å². The molecule has 0 aliphatic carbocycles. The number of nitrogen functional groups attached to an aromatic ring is 1. The van der Waals surface area contributed by atoms with Crippen LogP contribution < -0.4 is 10.6 Å². The Morgan fingerprint density at radius 3 is 2.27 bits per heavy atom. The molecule has 86 valence electrons. The number of anilines is 2. The molecule has 0 aliphatic rings. The highest BCUT2D eigenvalue weighted by Gasteiger charge is 2.19. The Bertz CT molecular complexity index is 346. The second-order valence-electron chi connectivity index (χ2n) is 5.36. The van der Waals surface area contributed by atoms with Crippen LogP contribution in [0, 0.1) is 12.3 Å². The average Bonchev–Trinajstić information content (AvgIpc) is 2.22. The molecule has 1 aromatic rings. The van der Waals surface area contributed by atoms with Crippen molar-refractivity contribution in [2.24, 2.45) is 12.5 Å². The summed E-state index contributed by atoms with van der Waals surface area (Å²) in [6.45, 7) is 9.52. The molecule has 0 fully saturated rings. The first kappa shape index (κ1) is 11.9. The van der Waals surface area contributed by atoms with Gasteiger partial charge < -0.3 is 10.6 Å². The van der Waals surface area contributed by atoms with Crippen molar-refractivity contribution < 1.29 is 0 Å². The van der Waals surface area contributed by atoms with E-state index in [-0.39, 0.29) is 5.41 Å². The van der Waals surface area contributed by atoms with Crippen molar-refractivity contribution in [1.29, 1.82) is 0 Å². The monoisotopic (exact) mass is 210 g/mol. The van der Waals surface area contributed by atoms with Crippen molar-refractivity contribution in [3.05, 3.63) is 5.69 Å². The molecule has 2 N–H and O–H groups in total. The Kier molecular flexibility index (Phi) is 2.98. The lowest BCUT2D eigenvalue weighted by atomic mass is 9.96. The van der Waals surface area contributed by atoms with Crippen LogP contribution >= 0.6 is 0 Å². The predicted octanol–water partition coefficient (Wildman–Crippen LogP) is 1.79. The smallest absolute Gasteiger partial charge is 0.150 e. The van der Waals surface area contributed by atoms with Crippen LogP contribution in [-0.4, -0.2) is 23.4 Å². The van der Waals surface area contributed by atoms with E-state index in [1.807, 2.05) is 18.7 Å². The lowest BCUT2D eigenvalue weighted by Gasteiger charge is -2.28. The van der Waals surface area contributed by atoms with Gasteiger partial charge >= 0.3 is 0 Å². The first-order valence-electron chi connectivity index (χ1n) is 5.22. The molecule has 0 aromatic carbocycles. The Balaban J connectivity index is 2.96. The van der Waals surface area contributed by atoms with Gasteiger partial charge in [0.2, 0.25) is 0 Å². The van der Waals surface area contributed by atoms with Crippen molar-refractivity contribution in [2.45, 2.75) is 27.7 Å². The normalized spacial score (nSPS) is 11.9. The zero-order chi connectivity index (χ0) is 11.8. The maximum absolute atomic E-state index is 6.00. The molecule has 0 spiro atoms. The summed E-state index contributed by atoms with van der Waals surface area (Å²) in [6, 6.07) is 0. The minimum atomic E-state index is 0.249. The Hall–Kier alpha value is -1.19. The zero-order valence-corrected chi connectivity index (χ0v) is 10.6. The van der Waals surface area contributed by atoms with E-state index >= 15 is 0 Å². The molecule has 0 unspecified atom stereocenters. The quantitative estimate of drug-likeness (QED) is 0.809. The van der Waals surface area contributed by atoms with Gasteiger partial charge in [-0.3, -0.25) is 4.68 Å². The molecule has 1 heterocycles. The second-order valence-corrected chi connectivity index (χ2v) is 5.36. The van der Waals surface area contributed by atoms with Crippen LogP contribution in [0.15, 0.2) is 0 Å². The van der Waals surface area contributed by atoms with Crippen LogP contribution in [0.4, 0.5) is 11.5 Å². The van der Waals surface area contributed by atoms with Crippen molar-refractivity contribution in [2.75, 3.05) is 24.2 Å². The van der Waals surface area contributed by atoms with E-state index in [4.69, 9.17) is 5.73 Å². The number of aryl methyl sites for hydroxylation is 2. The van der Waals surface area contributed by atoms with Crippen LogP contribution in [0.5, 0.6) is 0 Å². The number of hydrogen-bond acceptors (Lipinski definition) is 3. The van der Waals surface area contributed by atoms with Gasteiger partial charge in [0, 0.05) is 20.6 Å². The highest BCUT2D eigenvalue weighted by molar-refractivity contribution is 5.65. The minimum Gasteiger partial charge on any atom is -0.394 e. The third-order valence-electron chi connectivity index (χ3n) is 2.31. The molecule has 4 heteroatoms. The minimum absolute atomic E-state index is 0.249. The molecule has 0 aliphatic heterocycles. The van der Waals surface area contributed by atoms with E-state index in [1.165, 1.54) is 0 Å². The molecule has 15 heavy (non-hydrogen) atoms. The van der Waals surface area contributed by atoms with Crippen molar-refractivity contribution in [1.82, 2.24) is 9.78 Å². The third kappa shape index (κ3) is 2.64. The summed E-state index contributed by atoms with van der Waals surface area (Å²) < 4.78 is 1.84. The zero-order valence-electron chi connectivity index (χ0n) is 10.6. The van der Waals surface area contributed by atoms with Crippen LogP contribution in [0.3, 0.4) is 0 Å². The maximum atomic E-state index is 6.00. The van der Waals surface area contributed by atoms with Crippen LogP contribution in [0.1, 0.15) is 26.5 Å². The number of aromatic nitrogens is 2. The first-order chi connectivity index (χ1) is 6.72. The van der Waals surface area contributed by atoms with Crippen LogP contribution in [0.2, 0.25) is 0 Å². The highest BCUT2D eigenvalue weighted by atomic mass is 15.4. The van der Waals surface area contributed by atoms with Gasteiger partial charge in [0.15, 0.2) is 0 Å². The van der Waals surface area contributed by atoms with E-state index in [2.05, 4.69) is 37.8 Å². The maximum Gasteiger partial charge on any atom is 0.150 e. The fraction of sp³-hybridized carbons (Fsp3) is 0.727. The summed E-state index contributed by atoms with van der Waals surface area (Å²) in [5, 5.41) is 4.31. The summed E-state index contributed by atoms with van der Waals surface area (Å²) >= 11 is 0. The van der Waals surface area contributed by atoms with E-state index in [1.54, 1.807) is 0 Å². The summed E-state index contributed by atoms with van der Waals surface area (Å²) in [7, 11) is 3.98. The molecule has 0 amide bonds. The summed E-state index contributed by atoms with van der Waals surface area (Å²) in [4.78, 5) is 2.16. The SMILES string of the molecule is Cc1nn(C)c(N(C)CC(C)(C)C)c1N. The van der Waals surface area contributed by atoms with E-state index in [0.717, 1.165) is 23.7 Å². The van der Waals surface area contributed by atoms with Crippen LogP contribution in [-0.2, 0) is 7.05 Å². The number of nitrogens with zero attached hydrogens (tertiary/aromatic N) is 3. The van der Waals surface area contributed by atoms with Gasteiger partial charge in [-0.05, 0) is 12.3 Å². The van der Waals surface area contributed by atoms with Gasteiger partial charge in [0.05, 0.1) is 11.4 Å². The number of rotatable bonds is 2. The molecule has 0 saturated heterocycles. The Morgan fingerprint density at radius 2 is 1.93 bits per heavy atom. The summed E-state index contributed by atoms with van der Waals surface area (Å²) in [6.07, 6.45) is 0. The standard InChI is InChI=1S/C11H22N4/c1-8-9(12)10(15(6)13-8)14(5)7-11(2,3)4/h7,12H2,1-6H3. The molecule has 1 aromatic heterocycles. The second kappa shape index (κ2) is 3.76. The van der Waals surface area contributed by atoms with Gasteiger partial charge in [-0.2, -0.15) is 5.10 Å². The molecular weight excluding hydrogens is 188 g/mol. The van der Waals surface area contributed by atoms with Gasteiger partial charge in [-0.15, -0.1) is 0 Å². The average molecular weight is 210 g/mol. The van der Waals surface area contributed by atoms with Crippen molar-refractivity contribution in [3.63, 3.8) is 0 Å². The topological polar surface area (TPSA) is 47.1 Å². The molecule has 4 nitrogen and oxygen atoms in total. The number of nitrogens with two attached hydrogens (primary N) is 1. The molecule has 1 rings (SSSR count). The number of hydrogen-bond donors (Lipinski definition) is 1. The molecule has 0 radical (unpaired) electrons. The van der Waals surface area contributed by atoms with E-state index in [9.17, 15) is 0 Å². The predicted molar refractivity (Wildman–Crippen MR) is 65.1 cm³/mol. The molecular formula is C11H22N4. The van der Waals surface area contributed by atoms with Crippen molar-refractivity contribution in [3.8, 4) is 0 Å². The summed E-state index contributed by atoms with van der Waals surface area (Å²) in [5.74, 6) is 1.00. The van der Waals surface area contributed by atoms with Crippen molar-refractivity contribution >= 4 is 11.5 Å². The summed E-state index contributed by atoms with van der Waals surface area (Å²) in [5.41, 5.74) is 7.93. The highest BCUT2D eigenvalue weighted by Crippen LogP contribution is 2.27. The third-order valence-corrected chi connectivity index (χ3v) is 2.31. The first-order valence-corrected chi connectivity index (χ1v) is 5.22. The fourth-order valence-corrected chi connectivity index (χ4v) is 1.90. The van der Waals surface area contributed by atoms with E-state index in [0.29, 0.717) is 0 Å². The molecule has 0 bridgehead atoms. The van der Waals surface area contributed by atoms with Gasteiger partial charge in [-0.1, -0.05) is 20.8 Å². The lowest BCUT2D eigenvalue weighted by molar-refractivity contribution is 0.416.